The van der Waals surface area contributed by atoms with Gasteiger partial charge >= 0.3 is 0 Å². The monoisotopic (exact) mass is 205 g/mol. The van der Waals surface area contributed by atoms with Crippen LogP contribution in [0, 0.1) is 6.92 Å². The van der Waals surface area contributed by atoms with E-state index in [0.717, 1.165) is 17.8 Å². The molecule has 1 aromatic rings. The highest BCUT2D eigenvalue weighted by Crippen LogP contribution is 2.24. The van der Waals surface area contributed by atoms with E-state index in [-0.39, 0.29) is 6.61 Å². The van der Waals surface area contributed by atoms with E-state index in [9.17, 15) is 0 Å². The number of aliphatic imine (C=N–C) groups is 1. The first kappa shape index (κ1) is 11.9. The molecule has 1 N–H and O–H groups in total. The number of rotatable bonds is 4. The fraction of sp³-hybridized carbons (Fsp3) is 0.462. The second-order valence-corrected chi connectivity index (χ2v) is 3.76. The highest BCUT2D eigenvalue weighted by Gasteiger charge is 2.02. The van der Waals surface area contributed by atoms with E-state index in [0.29, 0.717) is 6.42 Å². The largest absolute Gasteiger partial charge is 0.396 e. The average molecular weight is 205 g/mol. The van der Waals surface area contributed by atoms with Crippen molar-refractivity contribution < 1.29 is 5.11 Å². The Morgan fingerprint density at radius 2 is 2.13 bits per heavy atom. The van der Waals surface area contributed by atoms with Crippen LogP contribution in [0.4, 0.5) is 5.69 Å². The fourth-order valence-electron chi connectivity index (χ4n) is 1.57. The van der Waals surface area contributed by atoms with Crippen LogP contribution in [-0.2, 0) is 6.42 Å². The van der Waals surface area contributed by atoms with Crippen molar-refractivity contribution in [2.45, 2.75) is 33.6 Å². The second kappa shape index (κ2) is 5.66. The molecule has 82 valence electrons. The zero-order chi connectivity index (χ0) is 11.3. The summed E-state index contributed by atoms with van der Waals surface area (Å²) in [6.07, 6.45) is 1.64. The van der Waals surface area contributed by atoms with E-state index in [1.165, 1.54) is 11.1 Å². The molecule has 0 atom stereocenters. The van der Waals surface area contributed by atoms with Gasteiger partial charge in [0.1, 0.15) is 0 Å². The summed E-state index contributed by atoms with van der Waals surface area (Å²) in [5.41, 5.74) is 4.53. The lowest BCUT2D eigenvalue weighted by Crippen LogP contribution is -1.96. The summed E-state index contributed by atoms with van der Waals surface area (Å²) in [5.74, 6) is 0. The minimum Gasteiger partial charge on any atom is -0.396 e. The van der Waals surface area contributed by atoms with Crippen LogP contribution in [0.2, 0.25) is 0 Å². The van der Waals surface area contributed by atoms with Gasteiger partial charge in [-0.25, -0.2) is 0 Å². The SMILES string of the molecule is CCc1cccc(C)c1N=C(C)CCO. The summed E-state index contributed by atoms with van der Waals surface area (Å²) in [6.45, 7) is 6.34. The number of aliphatic hydroxyl groups is 1. The van der Waals surface area contributed by atoms with Crippen LogP contribution in [0.5, 0.6) is 0 Å². The topological polar surface area (TPSA) is 32.6 Å². The van der Waals surface area contributed by atoms with Gasteiger partial charge in [-0.1, -0.05) is 25.1 Å². The van der Waals surface area contributed by atoms with Crippen LogP contribution < -0.4 is 0 Å². The molecule has 0 heterocycles. The number of para-hydroxylation sites is 1. The molecule has 1 rings (SSSR count). The molecule has 15 heavy (non-hydrogen) atoms. The molecule has 2 nitrogen and oxygen atoms in total. The molecule has 0 bridgehead atoms. The lowest BCUT2D eigenvalue weighted by atomic mass is 10.1. The molecule has 0 aliphatic carbocycles. The van der Waals surface area contributed by atoms with E-state index in [2.05, 4.69) is 37.0 Å². The highest BCUT2D eigenvalue weighted by atomic mass is 16.3. The molecule has 2 heteroatoms. The Bertz CT molecular complexity index is 356. The number of hydrogen-bond acceptors (Lipinski definition) is 2. The molecule has 0 aliphatic rings. The van der Waals surface area contributed by atoms with Crippen molar-refractivity contribution >= 4 is 11.4 Å². The number of aliphatic hydroxyl groups excluding tert-OH is 1. The van der Waals surface area contributed by atoms with E-state index in [1.807, 2.05) is 6.92 Å². The van der Waals surface area contributed by atoms with Crippen LogP contribution >= 0.6 is 0 Å². The summed E-state index contributed by atoms with van der Waals surface area (Å²) < 4.78 is 0. The predicted molar refractivity (Wildman–Crippen MR) is 65.0 cm³/mol. The number of nitrogens with zero attached hydrogens (tertiary/aromatic N) is 1. The average Bonchev–Trinajstić information content (AvgIpc) is 2.21. The Hall–Kier alpha value is -1.15. The first-order valence-electron chi connectivity index (χ1n) is 5.42. The Labute approximate surface area is 91.7 Å². The first-order valence-corrected chi connectivity index (χ1v) is 5.42. The van der Waals surface area contributed by atoms with E-state index in [4.69, 9.17) is 5.11 Å². The zero-order valence-electron chi connectivity index (χ0n) is 9.75. The lowest BCUT2D eigenvalue weighted by molar-refractivity contribution is 0.307. The van der Waals surface area contributed by atoms with Crippen LogP contribution in [-0.4, -0.2) is 17.4 Å². The van der Waals surface area contributed by atoms with Gasteiger partial charge in [0, 0.05) is 18.7 Å². The van der Waals surface area contributed by atoms with E-state index >= 15 is 0 Å². The minimum absolute atomic E-state index is 0.169. The number of hydrogen-bond donors (Lipinski definition) is 1. The quantitative estimate of drug-likeness (QED) is 0.753. The van der Waals surface area contributed by atoms with Gasteiger partial charge in [0.05, 0.1) is 5.69 Å². The molecular formula is C13H19NO. The number of benzene rings is 1. The molecule has 0 saturated carbocycles. The maximum absolute atomic E-state index is 8.83. The van der Waals surface area contributed by atoms with Crippen LogP contribution in [0.15, 0.2) is 23.2 Å². The van der Waals surface area contributed by atoms with Crippen molar-refractivity contribution in [2.75, 3.05) is 6.61 Å². The van der Waals surface area contributed by atoms with Crippen LogP contribution in [0.25, 0.3) is 0 Å². The summed E-state index contributed by atoms with van der Waals surface area (Å²) in [7, 11) is 0. The van der Waals surface area contributed by atoms with E-state index < -0.39 is 0 Å². The molecule has 0 saturated heterocycles. The molecule has 0 unspecified atom stereocenters. The Morgan fingerprint density at radius 1 is 1.40 bits per heavy atom. The molecular weight excluding hydrogens is 186 g/mol. The van der Waals surface area contributed by atoms with E-state index in [1.54, 1.807) is 0 Å². The fourth-order valence-corrected chi connectivity index (χ4v) is 1.57. The van der Waals surface area contributed by atoms with Crippen molar-refractivity contribution in [1.82, 2.24) is 0 Å². The van der Waals surface area contributed by atoms with Crippen LogP contribution in [0.3, 0.4) is 0 Å². The van der Waals surface area contributed by atoms with Crippen molar-refractivity contribution in [3.63, 3.8) is 0 Å². The molecule has 0 aromatic heterocycles. The predicted octanol–water partition coefficient (Wildman–Crippen LogP) is 3.03. The van der Waals surface area contributed by atoms with Gasteiger partial charge < -0.3 is 5.11 Å². The number of aryl methyl sites for hydroxylation is 2. The molecule has 1 aromatic carbocycles. The van der Waals surface area contributed by atoms with Gasteiger partial charge in [-0.3, -0.25) is 4.99 Å². The Balaban J connectivity index is 3.06. The standard InChI is InChI=1S/C13H19NO/c1-4-12-7-5-6-10(2)13(12)14-11(3)8-9-15/h5-7,15H,4,8-9H2,1-3H3. The third kappa shape index (κ3) is 3.17. The maximum Gasteiger partial charge on any atom is 0.0689 e. The molecule has 0 radical (unpaired) electrons. The minimum atomic E-state index is 0.169. The molecule has 0 fully saturated rings. The zero-order valence-corrected chi connectivity index (χ0v) is 9.75. The lowest BCUT2D eigenvalue weighted by Gasteiger charge is -2.07. The molecule has 0 amide bonds. The Kier molecular flexibility index (Phi) is 4.50. The van der Waals surface area contributed by atoms with Gasteiger partial charge in [-0.15, -0.1) is 0 Å². The Morgan fingerprint density at radius 3 is 2.73 bits per heavy atom. The first-order chi connectivity index (χ1) is 7.19. The van der Waals surface area contributed by atoms with Crippen LogP contribution in [0.1, 0.15) is 31.4 Å². The summed E-state index contributed by atoms with van der Waals surface area (Å²) >= 11 is 0. The van der Waals surface area contributed by atoms with Gasteiger partial charge in [-0.05, 0) is 31.4 Å². The molecule has 0 aliphatic heterocycles. The van der Waals surface area contributed by atoms with Crippen molar-refractivity contribution in [1.29, 1.82) is 0 Å². The second-order valence-electron chi connectivity index (χ2n) is 3.76. The van der Waals surface area contributed by atoms with Crippen molar-refractivity contribution in [2.24, 2.45) is 4.99 Å². The smallest absolute Gasteiger partial charge is 0.0689 e. The van der Waals surface area contributed by atoms with Crippen molar-refractivity contribution in [3.05, 3.63) is 29.3 Å². The third-order valence-electron chi connectivity index (χ3n) is 2.48. The third-order valence-corrected chi connectivity index (χ3v) is 2.48. The maximum atomic E-state index is 8.83. The van der Waals surface area contributed by atoms with Crippen molar-refractivity contribution in [3.8, 4) is 0 Å². The summed E-state index contributed by atoms with van der Waals surface area (Å²) in [5, 5.41) is 8.83. The van der Waals surface area contributed by atoms with Gasteiger partial charge in [0.25, 0.3) is 0 Å². The molecule has 0 spiro atoms. The van der Waals surface area contributed by atoms with Gasteiger partial charge in [0.2, 0.25) is 0 Å². The van der Waals surface area contributed by atoms with Gasteiger partial charge in [0.15, 0.2) is 0 Å². The highest BCUT2D eigenvalue weighted by molar-refractivity contribution is 5.85. The summed E-state index contributed by atoms with van der Waals surface area (Å²) in [6, 6.07) is 6.25. The normalized spacial score (nSPS) is 11.9. The summed E-state index contributed by atoms with van der Waals surface area (Å²) in [4.78, 5) is 4.58. The van der Waals surface area contributed by atoms with Gasteiger partial charge in [-0.2, -0.15) is 0 Å².